The fourth-order valence-electron chi connectivity index (χ4n) is 3.08. The maximum Gasteiger partial charge on any atom is 0.235 e. The molecule has 1 atom stereocenters. The van der Waals surface area contributed by atoms with Crippen molar-refractivity contribution in [2.75, 3.05) is 11.1 Å². The first-order valence-corrected chi connectivity index (χ1v) is 7.59. The van der Waals surface area contributed by atoms with Crippen LogP contribution in [0.4, 0.5) is 5.69 Å². The number of amides is 1. The van der Waals surface area contributed by atoms with Crippen LogP contribution in [0.2, 0.25) is 0 Å². The standard InChI is InChI=1S/C14H16N2OS/c17-13-9-18-14(16(13)11-5-6-11)8-7-10-3-1-2-4-12(10)15-14/h1-4,11,15H,5-9H2/t14-/m1/s1. The maximum absolute atomic E-state index is 12.1. The molecule has 1 aliphatic carbocycles. The Balaban J connectivity index is 1.71. The Hall–Kier alpha value is -1.16. The van der Waals surface area contributed by atoms with E-state index in [1.807, 2.05) is 0 Å². The van der Waals surface area contributed by atoms with E-state index in [0.29, 0.717) is 17.7 Å². The molecule has 18 heavy (non-hydrogen) atoms. The van der Waals surface area contributed by atoms with E-state index < -0.39 is 0 Å². The third kappa shape index (κ3) is 1.48. The highest BCUT2D eigenvalue weighted by atomic mass is 32.2. The fourth-order valence-corrected chi connectivity index (χ4v) is 4.40. The van der Waals surface area contributed by atoms with Gasteiger partial charge in [-0.15, -0.1) is 11.8 Å². The summed E-state index contributed by atoms with van der Waals surface area (Å²) in [7, 11) is 0. The lowest BCUT2D eigenvalue weighted by atomic mass is 10.0. The quantitative estimate of drug-likeness (QED) is 0.841. The average molecular weight is 260 g/mol. The number of thioether (sulfide) groups is 1. The monoisotopic (exact) mass is 260 g/mol. The molecule has 2 heterocycles. The number of benzene rings is 1. The molecule has 2 fully saturated rings. The van der Waals surface area contributed by atoms with E-state index in [4.69, 9.17) is 0 Å². The van der Waals surface area contributed by atoms with E-state index in [1.54, 1.807) is 11.8 Å². The highest BCUT2D eigenvalue weighted by Crippen LogP contribution is 2.49. The number of nitrogens with zero attached hydrogens (tertiary/aromatic N) is 1. The van der Waals surface area contributed by atoms with Crippen molar-refractivity contribution < 1.29 is 4.79 Å². The number of rotatable bonds is 1. The first kappa shape index (κ1) is 10.7. The zero-order valence-electron chi connectivity index (χ0n) is 10.2. The zero-order valence-corrected chi connectivity index (χ0v) is 11.0. The Morgan fingerprint density at radius 3 is 3.00 bits per heavy atom. The number of hydrogen-bond acceptors (Lipinski definition) is 3. The van der Waals surface area contributed by atoms with Crippen LogP contribution in [0.15, 0.2) is 24.3 Å². The lowest BCUT2D eigenvalue weighted by Crippen LogP contribution is -2.53. The van der Waals surface area contributed by atoms with Crippen molar-refractivity contribution in [2.45, 2.75) is 36.7 Å². The summed E-state index contributed by atoms with van der Waals surface area (Å²) >= 11 is 1.78. The molecule has 1 aromatic carbocycles. The van der Waals surface area contributed by atoms with E-state index in [2.05, 4.69) is 34.5 Å². The molecular weight excluding hydrogens is 244 g/mol. The van der Waals surface area contributed by atoms with Crippen molar-refractivity contribution in [3.8, 4) is 0 Å². The predicted octanol–water partition coefficient (Wildman–Crippen LogP) is 2.44. The normalized spacial score (nSPS) is 30.4. The van der Waals surface area contributed by atoms with Crippen LogP contribution < -0.4 is 5.32 Å². The van der Waals surface area contributed by atoms with Gasteiger partial charge >= 0.3 is 0 Å². The van der Waals surface area contributed by atoms with Gasteiger partial charge in [-0.05, 0) is 30.9 Å². The van der Waals surface area contributed by atoms with Gasteiger partial charge in [0.25, 0.3) is 0 Å². The first-order valence-electron chi connectivity index (χ1n) is 6.61. The summed E-state index contributed by atoms with van der Waals surface area (Å²) < 4.78 is 0. The average Bonchev–Trinajstić information content (AvgIpc) is 3.17. The fraction of sp³-hybridized carbons (Fsp3) is 0.500. The van der Waals surface area contributed by atoms with Crippen LogP contribution in [0.3, 0.4) is 0 Å². The van der Waals surface area contributed by atoms with E-state index in [-0.39, 0.29) is 4.99 Å². The van der Waals surface area contributed by atoms with Gasteiger partial charge in [-0.1, -0.05) is 18.2 Å². The van der Waals surface area contributed by atoms with Crippen LogP contribution in [-0.2, 0) is 11.2 Å². The van der Waals surface area contributed by atoms with Crippen molar-refractivity contribution in [1.29, 1.82) is 0 Å². The van der Waals surface area contributed by atoms with Crippen LogP contribution in [0.1, 0.15) is 24.8 Å². The van der Waals surface area contributed by atoms with Crippen LogP contribution >= 0.6 is 11.8 Å². The van der Waals surface area contributed by atoms with E-state index in [0.717, 1.165) is 12.8 Å². The number of para-hydroxylation sites is 1. The Morgan fingerprint density at radius 1 is 1.33 bits per heavy atom. The molecule has 4 rings (SSSR count). The third-order valence-electron chi connectivity index (χ3n) is 4.08. The molecule has 4 heteroatoms. The molecule has 1 saturated carbocycles. The van der Waals surface area contributed by atoms with Crippen molar-refractivity contribution >= 4 is 23.4 Å². The first-order chi connectivity index (χ1) is 8.78. The summed E-state index contributed by atoms with van der Waals surface area (Å²) in [5.41, 5.74) is 2.58. The van der Waals surface area contributed by atoms with Gasteiger partial charge in [-0.2, -0.15) is 0 Å². The number of aryl methyl sites for hydroxylation is 1. The highest BCUT2D eigenvalue weighted by Gasteiger charge is 2.53. The SMILES string of the molecule is O=C1CS[C@@]2(CCc3ccccc3N2)N1C1CC1. The molecule has 1 aromatic rings. The Labute approximate surface area is 111 Å². The lowest BCUT2D eigenvalue weighted by Gasteiger charge is -2.42. The summed E-state index contributed by atoms with van der Waals surface area (Å²) in [6.07, 6.45) is 4.44. The number of fused-ring (bicyclic) bond motifs is 1. The molecule has 1 spiro atoms. The molecule has 1 saturated heterocycles. The second-order valence-corrected chi connectivity index (χ2v) is 6.60. The van der Waals surface area contributed by atoms with E-state index >= 15 is 0 Å². The van der Waals surface area contributed by atoms with Gasteiger partial charge < -0.3 is 10.2 Å². The molecule has 0 aromatic heterocycles. The summed E-state index contributed by atoms with van der Waals surface area (Å²) in [5.74, 6) is 0.945. The molecule has 3 nitrogen and oxygen atoms in total. The minimum atomic E-state index is -0.160. The second-order valence-electron chi connectivity index (χ2n) is 5.35. The largest absolute Gasteiger partial charge is 0.354 e. The summed E-state index contributed by atoms with van der Waals surface area (Å²) in [5, 5.41) is 3.64. The van der Waals surface area contributed by atoms with Crippen molar-refractivity contribution in [2.24, 2.45) is 0 Å². The van der Waals surface area contributed by atoms with Crippen molar-refractivity contribution in [1.82, 2.24) is 4.90 Å². The minimum absolute atomic E-state index is 0.160. The van der Waals surface area contributed by atoms with Gasteiger partial charge in [-0.3, -0.25) is 4.79 Å². The lowest BCUT2D eigenvalue weighted by molar-refractivity contribution is -0.130. The van der Waals surface area contributed by atoms with Gasteiger partial charge in [0.1, 0.15) is 0 Å². The second kappa shape index (κ2) is 3.67. The molecule has 0 bridgehead atoms. The highest BCUT2D eigenvalue weighted by molar-refractivity contribution is 8.01. The number of anilines is 1. The van der Waals surface area contributed by atoms with E-state index in [9.17, 15) is 4.79 Å². The molecule has 3 aliphatic rings. The van der Waals surface area contributed by atoms with Gasteiger partial charge in [0, 0.05) is 18.2 Å². The Kier molecular flexibility index (Phi) is 2.19. The van der Waals surface area contributed by atoms with Gasteiger partial charge in [0.15, 0.2) is 4.99 Å². The maximum atomic E-state index is 12.1. The minimum Gasteiger partial charge on any atom is -0.354 e. The van der Waals surface area contributed by atoms with Crippen molar-refractivity contribution in [3.63, 3.8) is 0 Å². The summed E-state index contributed by atoms with van der Waals surface area (Å²) in [6.45, 7) is 0. The predicted molar refractivity (Wildman–Crippen MR) is 73.4 cm³/mol. The number of carbonyl (C=O) groups excluding carboxylic acids is 1. The molecule has 0 unspecified atom stereocenters. The number of nitrogens with one attached hydrogen (secondary N) is 1. The molecule has 1 N–H and O–H groups in total. The van der Waals surface area contributed by atoms with Gasteiger partial charge in [0.2, 0.25) is 5.91 Å². The van der Waals surface area contributed by atoms with Crippen LogP contribution in [0, 0.1) is 0 Å². The van der Waals surface area contributed by atoms with Crippen LogP contribution in [0.5, 0.6) is 0 Å². The van der Waals surface area contributed by atoms with Gasteiger partial charge in [-0.25, -0.2) is 0 Å². The molecule has 2 aliphatic heterocycles. The van der Waals surface area contributed by atoms with Crippen molar-refractivity contribution in [3.05, 3.63) is 29.8 Å². The smallest absolute Gasteiger partial charge is 0.235 e. The molecule has 1 amide bonds. The van der Waals surface area contributed by atoms with Gasteiger partial charge in [0.05, 0.1) is 5.75 Å². The molecule has 0 radical (unpaired) electrons. The summed E-state index contributed by atoms with van der Waals surface area (Å²) in [4.78, 5) is 14.1. The van der Waals surface area contributed by atoms with E-state index in [1.165, 1.54) is 24.1 Å². The molecule has 94 valence electrons. The van der Waals surface area contributed by atoms with Crippen LogP contribution in [0.25, 0.3) is 0 Å². The number of carbonyl (C=O) groups is 1. The summed E-state index contributed by atoms with van der Waals surface area (Å²) in [6, 6.07) is 8.95. The number of hydrogen-bond donors (Lipinski definition) is 1. The molecular formula is C14H16N2OS. The Bertz CT molecular complexity index is 514. The Morgan fingerprint density at radius 2 is 2.17 bits per heavy atom. The zero-order chi connectivity index (χ0) is 12.2. The third-order valence-corrected chi connectivity index (χ3v) is 5.46. The van der Waals surface area contributed by atoms with Crippen LogP contribution in [-0.4, -0.2) is 27.6 Å². The topological polar surface area (TPSA) is 32.3 Å².